The van der Waals surface area contributed by atoms with Crippen molar-refractivity contribution in [2.75, 3.05) is 44.3 Å². The van der Waals surface area contributed by atoms with Gasteiger partial charge in [-0.1, -0.05) is 6.42 Å². The van der Waals surface area contributed by atoms with Crippen molar-refractivity contribution in [3.8, 4) is 0 Å². The molecule has 8 heteroatoms. The fourth-order valence-electron chi connectivity index (χ4n) is 4.88. The molecule has 0 unspecified atom stereocenters. The molecule has 0 radical (unpaired) electrons. The van der Waals surface area contributed by atoms with Crippen molar-refractivity contribution in [3.63, 3.8) is 0 Å². The van der Waals surface area contributed by atoms with Gasteiger partial charge in [0.15, 0.2) is 0 Å². The van der Waals surface area contributed by atoms with Crippen molar-refractivity contribution in [1.29, 1.82) is 0 Å². The predicted octanol–water partition coefficient (Wildman–Crippen LogP) is 2.06. The van der Waals surface area contributed by atoms with Crippen molar-refractivity contribution >= 4 is 17.7 Å². The lowest BCUT2D eigenvalue weighted by Crippen LogP contribution is -2.42. The fourth-order valence-corrected chi connectivity index (χ4v) is 4.88. The molecule has 2 amide bonds. The van der Waals surface area contributed by atoms with Gasteiger partial charge in [0.2, 0.25) is 0 Å². The van der Waals surface area contributed by atoms with Crippen LogP contribution in [-0.2, 0) is 16.1 Å². The summed E-state index contributed by atoms with van der Waals surface area (Å²) in [6.07, 6.45) is 2.38. The summed E-state index contributed by atoms with van der Waals surface area (Å²) in [5.74, 6) is -1.12. The number of benzene rings is 1. The third kappa shape index (κ3) is 3.41. The van der Waals surface area contributed by atoms with Crippen molar-refractivity contribution in [2.45, 2.75) is 25.8 Å². The Morgan fingerprint density at radius 3 is 2.82 bits per heavy atom. The number of carbonyl (C=O) groups is 2. The SMILES string of the molecule is O=C(NCc1cc(F)ccc1N1CCOCC1)N1C[C@@H]2CCC[C@@]2(C(=O)O)C1. The van der Waals surface area contributed by atoms with E-state index in [1.807, 2.05) is 0 Å². The number of anilines is 1. The maximum absolute atomic E-state index is 13.8. The minimum Gasteiger partial charge on any atom is -0.481 e. The number of morpholine rings is 1. The molecule has 0 aromatic heterocycles. The molecule has 2 aliphatic heterocycles. The van der Waals surface area contributed by atoms with Crippen LogP contribution in [0, 0.1) is 17.2 Å². The van der Waals surface area contributed by atoms with Crippen LogP contribution < -0.4 is 10.2 Å². The van der Waals surface area contributed by atoms with Crippen LogP contribution in [0.15, 0.2) is 18.2 Å². The van der Waals surface area contributed by atoms with E-state index in [1.165, 1.54) is 12.1 Å². The van der Waals surface area contributed by atoms with Gasteiger partial charge < -0.3 is 25.0 Å². The molecule has 1 saturated carbocycles. The topological polar surface area (TPSA) is 82.1 Å². The Morgan fingerprint density at radius 2 is 2.11 bits per heavy atom. The number of carboxylic acids is 1. The Kier molecular flexibility index (Phi) is 5.14. The highest BCUT2D eigenvalue weighted by Gasteiger charge is 2.55. The minimum absolute atomic E-state index is 0.0221. The molecule has 0 spiro atoms. The normalized spacial score (nSPS) is 27.0. The Morgan fingerprint density at radius 1 is 1.32 bits per heavy atom. The van der Waals surface area contributed by atoms with E-state index in [4.69, 9.17) is 4.74 Å². The number of likely N-dealkylation sites (tertiary alicyclic amines) is 1. The molecule has 1 aromatic carbocycles. The van der Waals surface area contributed by atoms with Gasteiger partial charge in [-0.2, -0.15) is 0 Å². The number of halogens is 1. The van der Waals surface area contributed by atoms with Crippen molar-refractivity contribution < 1.29 is 23.8 Å². The van der Waals surface area contributed by atoms with Gasteiger partial charge in [0.25, 0.3) is 0 Å². The van der Waals surface area contributed by atoms with Crippen LogP contribution in [0.5, 0.6) is 0 Å². The van der Waals surface area contributed by atoms with Crippen molar-refractivity contribution in [1.82, 2.24) is 10.2 Å². The number of hydrogen-bond donors (Lipinski definition) is 2. The quantitative estimate of drug-likeness (QED) is 0.821. The first-order valence-corrected chi connectivity index (χ1v) is 9.87. The molecule has 1 aliphatic carbocycles. The highest BCUT2D eigenvalue weighted by molar-refractivity contribution is 5.80. The average molecular weight is 391 g/mol. The molecule has 4 rings (SSSR count). The molecule has 2 atom stereocenters. The molecular formula is C20H26FN3O4. The highest BCUT2D eigenvalue weighted by Crippen LogP contribution is 2.48. The second-order valence-electron chi connectivity index (χ2n) is 7.96. The van der Waals surface area contributed by atoms with Gasteiger partial charge in [-0.25, -0.2) is 9.18 Å². The lowest BCUT2D eigenvalue weighted by atomic mass is 9.81. The number of urea groups is 1. The second kappa shape index (κ2) is 7.58. The van der Waals surface area contributed by atoms with Crippen LogP contribution in [0.1, 0.15) is 24.8 Å². The first-order valence-electron chi connectivity index (χ1n) is 9.87. The lowest BCUT2D eigenvalue weighted by molar-refractivity contribution is -0.149. The van der Waals surface area contributed by atoms with Gasteiger partial charge in [0.05, 0.1) is 18.6 Å². The van der Waals surface area contributed by atoms with Gasteiger partial charge >= 0.3 is 12.0 Å². The number of nitrogens with one attached hydrogen (secondary N) is 1. The Bertz CT molecular complexity index is 768. The molecule has 2 heterocycles. The number of nitrogens with zero attached hydrogens (tertiary/aromatic N) is 2. The smallest absolute Gasteiger partial charge is 0.317 e. The standard InChI is InChI=1S/C20H26FN3O4/c21-16-3-4-17(23-6-8-28-9-7-23)14(10-16)11-22-19(27)24-12-15-2-1-5-20(15,13-24)18(25)26/h3-4,10,15H,1-2,5-9,11-13H2,(H,22,27)(H,25,26)/t15-,20+/m0/s1. The molecule has 2 saturated heterocycles. The van der Waals surface area contributed by atoms with E-state index in [9.17, 15) is 19.1 Å². The van der Waals surface area contributed by atoms with E-state index in [-0.39, 0.29) is 30.9 Å². The van der Waals surface area contributed by atoms with Crippen LogP contribution >= 0.6 is 0 Å². The molecule has 3 fully saturated rings. The van der Waals surface area contributed by atoms with Gasteiger partial charge in [-0.05, 0) is 42.5 Å². The van der Waals surface area contributed by atoms with Gasteiger partial charge in [0, 0.05) is 38.4 Å². The molecule has 152 valence electrons. The molecule has 3 aliphatic rings. The van der Waals surface area contributed by atoms with Crippen molar-refractivity contribution in [3.05, 3.63) is 29.6 Å². The molecule has 28 heavy (non-hydrogen) atoms. The highest BCUT2D eigenvalue weighted by atomic mass is 19.1. The van der Waals surface area contributed by atoms with E-state index in [1.54, 1.807) is 11.0 Å². The van der Waals surface area contributed by atoms with E-state index >= 15 is 0 Å². The summed E-state index contributed by atoms with van der Waals surface area (Å²) in [5.41, 5.74) is 0.808. The molecule has 1 aromatic rings. The lowest BCUT2D eigenvalue weighted by Gasteiger charge is -2.31. The van der Waals surface area contributed by atoms with Crippen molar-refractivity contribution in [2.24, 2.45) is 11.3 Å². The van der Waals surface area contributed by atoms with E-state index < -0.39 is 11.4 Å². The van der Waals surface area contributed by atoms with Gasteiger partial charge in [-0.3, -0.25) is 4.79 Å². The second-order valence-corrected chi connectivity index (χ2v) is 7.96. The Hall–Kier alpha value is -2.35. The molecular weight excluding hydrogens is 365 g/mol. The molecule has 7 nitrogen and oxygen atoms in total. The number of ether oxygens (including phenoxy) is 1. The Balaban J connectivity index is 1.43. The summed E-state index contributed by atoms with van der Waals surface area (Å²) < 4.78 is 19.2. The number of fused-ring (bicyclic) bond motifs is 1. The number of hydrogen-bond acceptors (Lipinski definition) is 4. The van der Waals surface area contributed by atoms with Crippen LogP contribution in [-0.4, -0.2) is 61.4 Å². The van der Waals surface area contributed by atoms with Crippen LogP contribution in [0.2, 0.25) is 0 Å². The molecule has 0 bridgehead atoms. The summed E-state index contributed by atoms with van der Waals surface area (Å²) >= 11 is 0. The zero-order valence-electron chi connectivity index (χ0n) is 15.8. The zero-order chi connectivity index (χ0) is 19.7. The maximum atomic E-state index is 13.8. The number of amides is 2. The summed E-state index contributed by atoms with van der Waals surface area (Å²) in [4.78, 5) is 28.2. The average Bonchev–Trinajstić information content (AvgIpc) is 3.25. The first kappa shape index (κ1) is 19.0. The third-order valence-electron chi connectivity index (χ3n) is 6.41. The largest absolute Gasteiger partial charge is 0.481 e. The summed E-state index contributed by atoms with van der Waals surface area (Å²) in [6, 6.07) is 4.32. The number of carboxylic acid groups (broad SMARTS) is 1. The number of carbonyl (C=O) groups excluding carboxylic acids is 1. The third-order valence-corrected chi connectivity index (χ3v) is 6.41. The Labute approximate surface area is 163 Å². The number of rotatable bonds is 4. The van der Waals surface area contributed by atoms with E-state index in [0.29, 0.717) is 31.7 Å². The summed E-state index contributed by atoms with van der Waals surface area (Å²) in [5, 5.41) is 12.5. The summed E-state index contributed by atoms with van der Waals surface area (Å²) in [7, 11) is 0. The monoisotopic (exact) mass is 391 g/mol. The fraction of sp³-hybridized carbons (Fsp3) is 0.600. The molecule has 2 N–H and O–H groups in total. The van der Waals surface area contributed by atoms with E-state index in [0.717, 1.165) is 31.6 Å². The summed E-state index contributed by atoms with van der Waals surface area (Å²) in [6.45, 7) is 3.61. The zero-order valence-corrected chi connectivity index (χ0v) is 15.8. The minimum atomic E-state index is -0.801. The predicted molar refractivity (Wildman–Crippen MR) is 101 cm³/mol. The van der Waals surface area contributed by atoms with Gasteiger partial charge in [-0.15, -0.1) is 0 Å². The van der Waals surface area contributed by atoms with E-state index in [2.05, 4.69) is 10.2 Å². The maximum Gasteiger partial charge on any atom is 0.317 e. The first-order chi connectivity index (χ1) is 13.5. The van der Waals surface area contributed by atoms with Crippen LogP contribution in [0.4, 0.5) is 14.9 Å². The van der Waals surface area contributed by atoms with Gasteiger partial charge in [0.1, 0.15) is 5.82 Å². The van der Waals surface area contributed by atoms with Crippen LogP contribution in [0.25, 0.3) is 0 Å². The van der Waals surface area contributed by atoms with Crippen LogP contribution in [0.3, 0.4) is 0 Å². The number of aliphatic carboxylic acids is 1.